The molecule has 1 aromatic carbocycles. The molecule has 4 heteroatoms. The van der Waals surface area contributed by atoms with Crippen molar-refractivity contribution in [2.45, 2.75) is 53.1 Å². The van der Waals surface area contributed by atoms with E-state index in [0.29, 0.717) is 5.56 Å². The molecule has 0 aliphatic heterocycles. The van der Waals surface area contributed by atoms with Gasteiger partial charge >= 0.3 is 5.97 Å². The Morgan fingerprint density at radius 2 is 1.88 bits per heavy atom. The first-order chi connectivity index (χ1) is 11.7. The van der Waals surface area contributed by atoms with Gasteiger partial charge in [0.1, 0.15) is 12.0 Å². The molecular weight excluding hydrogens is 314 g/mol. The number of carbonyl (C=O) groups is 2. The Morgan fingerprint density at radius 1 is 1.16 bits per heavy atom. The van der Waals surface area contributed by atoms with Crippen LogP contribution in [0.25, 0.3) is 11.1 Å². The van der Waals surface area contributed by atoms with Crippen LogP contribution in [0.4, 0.5) is 0 Å². The van der Waals surface area contributed by atoms with E-state index in [2.05, 4.69) is 18.0 Å². The summed E-state index contributed by atoms with van der Waals surface area (Å²) in [6.45, 7) is 9.45. The molecule has 132 valence electrons. The number of hydrogen-bond acceptors (Lipinski definition) is 4. The summed E-state index contributed by atoms with van der Waals surface area (Å²) < 4.78 is 5.22. The largest absolute Gasteiger partial charge is 0.460 e. The molecule has 0 saturated heterocycles. The predicted octanol–water partition coefficient (Wildman–Crippen LogP) is 4.53. The zero-order valence-electron chi connectivity index (χ0n) is 15.6. The van der Waals surface area contributed by atoms with Gasteiger partial charge in [-0.2, -0.15) is 0 Å². The van der Waals surface area contributed by atoms with Crippen LogP contribution in [0.3, 0.4) is 0 Å². The second-order valence-electron chi connectivity index (χ2n) is 7.11. The second-order valence-corrected chi connectivity index (χ2v) is 7.11. The van der Waals surface area contributed by atoms with Crippen molar-refractivity contribution in [3.63, 3.8) is 0 Å². The van der Waals surface area contributed by atoms with Crippen molar-refractivity contribution >= 4 is 11.8 Å². The smallest absolute Gasteiger partial charge is 0.314 e. The van der Waals surface area contributed by atoms with Gasteiger partial charge < -0.3 is 4.74 Å². The molecule has 1 aromatic heterocycles. The maximum atomic E-state index is 12.4. The van der Waals surface area contributed by atoms with E-state index >= 15 is 0 Å². The van der Waals surface area contributed by atoms with Crippen molar-refractivity contribution in [3.8, 4) is 11.1 Å². The summed E-state index contributed by atoms with van der Waals surface area (Å²) in [6, 6.07) is 9.36. The molecule has 0 aliphatic carbocycles. The van der Waals surface area contributed by atoms with Crippen LogP contribution in [0.1, 0.15) is 55.7 Å². The van der Waals surface area contributed by atoms with E-state index < -0.39 is 11.6 Å². The van der Waals surface area contributed by atoms with Crippen molar-refractivity contribution in [3.05, 3.63) is 53.3 Å². The summed E-state index contributed by atoms with van der Waals surface area (Å²) in [5.41, 5.74) is 3.97. The zero-order chi connectivity index (χ0) is 18.6. The molecular formula is C21H25NO3. The molecule has 0 fully saturated rings. The van der Waals surface area contributed by atoms with Crippen LogP contribution in [0.15, 0.2) is 36.5 Å². The third-order valence-corrected chi connectivity index (χ3v) is 3.75. The van der Waals surface area contributed by atoms with Gasteiger partial charge in [0.05, 0.1) is 0 Å². The summed E-state index contributed by atoms with van der Waals surface area (Å²) in [6.07, 6.45) is 2.47. The van der Waals surface area contributed by atoms with Gasteiger partial charge in [-0.05, 0) is 57.4 Å². The number of esters is 1. The fourth-order valence-electron chi connectivity index (χ4n) is 2.58. The quantitative estimate of drug-likeness (QED) is 0.456. The molecule has 0 amide bonds. The maximum absolute atomic E-state index is 12.4. The molecule has 0 aliphatic rings. The fourth-order valence-corrected chi connectivity index (χ4v) is 2.58. The Hall–Kier alpha value is -2.49. The van der Waals surface area contributed by atoms with Crippen LogP contribution in [-0.2, 0) is 16.0 Å². The number of ketones is 1. The van der Waals surface area contributed by atoms with Gasteiger partial charge in [-0.3, -0.25) is 14.6 Å². The van der Waals surface area contributed by atoms with Gasteiger partial charge in [-0.15, -0.1) is 0 Å². The first-order valence-corrected chi connectivity index (χ1v) is 8.50. The van der Waals surface area contributed by atoms with Crippen LogP contribution in [0, 0.1) is 6.92 Å². The van der Waals surface area contributed by atoms with Gasteiger partial charge in [-0.1, -0.05) is 25.1 Å². The molecule has 25 heavy (non-hydrogen) atoms. The number of aromatic nitrogens is 1. The molecule has 0 radical (unpaired) electrons. The highest BCUT2D eigenvalue weighted by atomic mass is 16.6. The van der Waals surface area contributed by atoms with E-state index in [4.69, 9.17) is 4.74 Å². The summed E-state index contributed by atoms with van der Waals surface area (Å²) in [7, 11) is 0. The molecule has 1 heterocycles. The number of pyridine rings is 1. The first-order valence-electron chi connectivity index (χ1n) is 8.50. The Kier molecular flexibility index (Phi) is 5.73. The standard InChI is InChI=1S/C21H25NO3/c1-6-17-10-14(2)18(13-22-17)15-8-7-9-16(11-15)19(23)12-20(24)25-21(3,4)5/h7-11,13H,6,12H2,1-5H3. The number of hydrogen-bond donors (Lipinski definition) is 0. The minimum atomic E-state index is -0.594. The van der Waals surface area contributed by atoms with Crippen LogP contribution in [0.5, 0.6) is 0 Å². The first kappa shape index (κ1) is 18.8. The SMILES string of the molecule is CCc1cc(C)c(-c2cccc(C(=O)CC(=O)OC(C)(C)C)c2)cn1. The highest BCUT2D eigenvalue weighted by molar-refractivity contribution is 6.06. The summed E-state index contributed by atoms with van der Waals surface area (Å²) >= 11 is 0. The highest BCUT2D eigenvalue weighted by Crippen LogP contribution is 2.24. The Balaban J connectivity index is 2.21. The van der Waals surface area contributed by atoms with Crippen molar-refractivity contribution in [2.24, 2.45) is 0 Å². The third-order valence-electron chi connectivity index (χ3n) is 3.75. The number of ether oxygens (including phenoxy) is 1. The van der Waals surface area contributed by atoms with E-state index in [1.54, 1.807) is 26.8 Å². The lowest BCUT2D eigenvalue weighted by molar-refractivity contribution is -0.153. The highest BCUT2D eigenvalue weighted by Gasteiger charge is 2.20. The summed E-state index contributed by atoms with van der Waals surface area (Å²) in [5.74, 6) is -0.750. The minimum Gasteiger partial charge on any atom is -0.460 e. The molecule has 0 atom stereocenters. The van der Waals surface area contributed by atoms with Crippen LogP contribution < -0.4 is 0 Å². The van der Waals surface area contributed by atoms with E-state index in [1.165, 1.54) is 0 Å². The third kappa shape index (κ3) is 5.24. The Bertz CT molecular complexity index is 788. The zero-order valence-corrected chi connectivity index (χ0v) is 15.6. The molecule has 2 rings (SSSR count). The van der Waals surface area contributed by atoms with Gasteiger partial charge in [0, 0.05) is 23.0 Å². The van der Waals surface area contributed by atoms with E-state index in [0.717, 1.165) is 28.8 Å². The van der Waals surface area contributed by atoms with Gasteiger partial charge in [0.2, 0.25) is 0 Å². The molecule has 2 aromatic rings. The number of carbonyl (C=O) groups excluding carboxylic acids is 2. The van der Waals surface area contributed by atoms with Crippen LogP contribution in [0.2, 0.25) is 0 Å². The Morgan fingerprint density at radius 3 is 2.48 bits per heavy atom. The summed E-state index contributed by atoms with van der Waals surface area (Å²) in [5, 5.41) is 0. The van der Waals surface area contributed by atoms with Gasteiger partial charge in [0.25, 0.3) is 0 Å². The van der Waals surface area contributed by atoms with Crippen molar-refractivity contribution < 1.29 is 14.3 Å². The number of Topliss-reactive ketones (excluding diaryl/α,β-unsaturated/α-hetero) is 1. The van der Waals surface area contributed by atoms with Crippen LogP contribution in [-0.4, -0.2) is 22.3 Å². The lowest BCUT2D eigenvalue weighted by Gasteiger charge is -2.19. The summed E-state index contributed by atoms with van der Waals surface area (Å²) in [4.78, 5) is 28.7. The van der Waals surface area contributed by atoms with Crippen molar-refractivity contribution in [1.29, 1.82) is 0 Å². The topological polar surface area (TPSA) is 56.3 Å². The second kappa shape index (κ2) is 7.60. The molecule has 0 saturated carbocycles. The average molecular weight is 339 g/mol. The Labute approximate surface area is 149 Å². The lowest BCUT2D eigenvalue weighted by atomic mass is 9.98. The molecule has 4 nitrogen and oxygen atoms in total. The number of nitrogens with zero attached hydrogens (tertiary/aromatic N) is 1. The maximum Gasteiger partial charge on any atom is 0.314 e. The van der Waals surface area contributed by atoms with E-state index in [9.17, 15) is 9.59 Å². The van der Waals surface area contributed by atoms with Gasteiger partial charge in [-0.25, -0.2) is 0 Å². The average Bonchev–Trinajstić information content (AvgIpc) is 2.52. The lowest BCUT2D eigenvalue weighted by Crippen LogP contribution is -2.25. The number of aryl methyl sites for hydroxylation is 2. The fraction of sp³-hybridized carbons (Fsp3) is 0.381. The minimum absolute atomic E-state index is 0.244. The molecule has 0 spiro atoms. The number of benzene rings is 1. The van der Waals surface area contributed by atoms with Gasteiger partial charge in [0.15, 0.2) is 5.78 Å². The molecule has 0 bridgehead atoms. The number of rotatable bonds is 5. The van der Waals surface area contributed by atoms with E-state index in [-0.39, 0.29) is 12.2 Å². The van der Waals surface area contributed by atoms with Crippen molar-refractivity contribution in [2.75, 3.05) is 0 Å². The predicted molar refractivity (Wildman–Crippen MR) is 98.6 cm³/mol. The van der Waals surface area contributed by atoms with Crippen LogP contribution >= 0.6 is 0 Å². The van der Waals surface area contributed by atoms with E-state index in [1.807, 2.05) is 31.3 Å². The van der Waals surface area contributed by atoms with Crippen molar-refractivity contribution in [1.82, 2.24) is 4.98 Å². The molecule has 0 N–H and O–H groups in total. The monoisotopic (exact) mass is 339 g/mol. The molecule has 0 unspecified atom stereocenters. The normalized spacial score (nSPS) is 11.2.